The zero-order valence-corrected chi connectivity index (χ0v) is 16.4. The van der Waals surface area contributed by atoms with Crippen molar-refractivity contribution < 1.29 is 0 Å². The van der Waals surface area contributed by atoms with Crippen LogP contribution < -0.4 is 10.2 Å². The fourth-order valence-corrected chi connectivity index (χ4v) is 3.99. The molecule has 0 bridgehead atoms. The molecular formula is C25H24N4. The van der Waals surface area contributed by atoms with Gasteiger partial charge in [0.15, 0.2) is 0 Å². The van der Waals surface area contributed by atoms with Crippen molar-refractivity contribution in [1.29, 1.82) is 0 Å². The second-order valence-corrected chi connectivity index (χ2v) is 7.53. The monoisotopic (exact) mass is 380 g/mol. The number of hydrogen-bond donors (Lipinski definition) is 1. The van der Waals surface area contributed by atoms with Crippen LogP contribution >= 0.6 is 0 Å². The molecule has 2 aromatic heterocycles. The van der Waals surface area contributed by atoms with Gasteiger partial charge >= 0.3 is 0 Å². The predicted octanol–water partition coefficient (Wildman–Crippen LogP) is 5.51. The molecule has 0 saturated carbocycles. The molecule has 3 heterocycles. The van der Waals surface area contributed by atoms with E-state index in [9.17, 15) is 0 Å². The summed E-state index contributed by atoms with van der Waals surface area (Å²) in [6.07, 6.45) is 6.25. The number of nitrogens with zero attached hydrogens (tertiary/aromatic N) is 3. The molecule has 0 unspecified atom stereocenters. The van der Waals surface area contributed by atoms with Gasteiger partial charge in [0.2, 0.25) is 0 Å². The fraction of sp³-hybridized carbons (Fsp3) is 0.200. The quantitative estimate of drug-likeness (QED) is 0.496. The molecule has 1 fully saturated rings. The lowest BCUT2D eigenvalue weighted by Gasteiger charge is -2.18. The number of para-hydroxylation sites is 1. The van der Waals surface area contributed by atoms with E-state index < -0.39 is 0 Å². The normalized spacial score (nSPS) is 13.7. The number of anilines is 2. The minimum absolute atomic E-state index is 0.726. The summed E-state index contributed by atoms with van der Waals surface area (Å²) in [6.45, 7) is 3.03. The zero-order chi connectivity index (χ0) is 19.5. The van der Waals surface area contributed by atoms with Crippen LogP contribution in [0.15, 0.2) is 79.1 Å². The third-order valence-electron chi connectivity index (χ3n) is 5.54. The average molecular weight is 380 g/mol. The van der Waals surface area contributed by atoms with Crippen molar-refractivity contribution in [3.63, 3.8) is 0 Å². The molecule has 0 radical (unpaired) electrons. The number of nitrogens with one attached hydrogen (secondary N) is 1. The van der Waals surface area contributed by atoms with Gasteiger partial charge in [0, 0.05) is 48.7 Å². The molecule has 4 nitrogen and oxygen atoms in total. The van der Waals surface area contributed by atoms with Crippen molar-refractivity contribution in [2.75, 3.05) is 23.3 Å². The highest BCUT2D eigenvalue weighted by Gasteiger charge is 2.13. The van der Waals surface area contributed by atoms with E-state index in [2.05, 4.69) is 75.9 Å². The van der Waals surface area contributed by atoms with Crippen LogP contribution in [0.3, 0.4) is 0 Å². The molecule has 29 heavy (non-hydrogen) atoms. The lowest BCUT2D eigenvalue weighted by Crippen LogP contribution is -2.17. The van der Waals surface area contributed by atoms with Gasteiger partial charge < -0.3 is 10.2 Å². The SMILES string of the molecule is c1cncc(CNc2cccc3ccc(-c4cccc(N5CCCC5)c4)nc23)c1. The van der Waals surface area contributed by atoms with E-state index in [0.717, 1.165) is 47.5 Å². The maximum atomic E-state index is 5.03. The van der Waals surface area contributed by atoms with Crippen LogP contribution in [0.2, 0.25) is 0 Å². The maximum absolute atomic E-state index is 5.03. The van der Waals surface area contributed by atoms with E-state index in [1.807, 2.05) is 12.3 Å². The topological polar surface area (TPSA) is 41.1 Å². The molecule has 4 aromatic rings. The van der Waals surface area contributed by atoms with Crippen LogP contribution in [0, 0.1) is 0 Å². The largest absolute Gasteiger partial charge is 0.379 e. The smallest absolute Gasteiger partial charge is 0.0940 e. The number of fused-ring (bicyclic) bond motifs is 1. The first-order valence-electron chi connectivity index (χ1n) is 10.2. The molecule has 1 aliphatic rings. The van der Waals surface area contributed by atoms with Crippen LogP contribution in [0.25, 0.3) is 22.2 Å². The summed E-state index contributed by atoms with van der Waals surface area (Å²) in [7, 11) is 0. The highest BCUT2D eigenvalue weighted by molar-refractivity contribution is 5.92. The van der Waals surface area contributed by atoms with Crippen molar-refractivity contribution >= 4 is 22.3 Å². The van der Waals surface area contributed by atoms with Gasteiger partial charge in [-0.15, -0.1) is 0 Å². The molecule has 0 atom stereocenters. The van der Waals surface area contributed by atoms with Crippen molar-refractivity contribution in [2.24, 2.45) is 0 Å². The molecule has 2 aromatic carbocycles. The Morgan fingerprint density at radius 2 is 1.79 bits per heavy atom. The number of rotatable bonds is 5. The van der Waals surface area contributed by atoms with E-state index in [1.165, 1.54) is 24.1 Å². The third kappa shape index (κ3) is 3.79. The highest BCUT2D eigenvalue weighted by atomic mass is 15.1. The van der Waals surface area contributed by atoms with Crippen LogP contribution in [-0.4, -0.2) is 23.1 Å². The minimum Gasteiger partial charge on any atom is -0.379 e. The summed E-state index contributed by atoms with van der Waals surface area (Å²) in [5.41, 5.74) is 6.67. The zero-order valence-electron chi connectivity index (χ0n) is 16.4. The first-order valence-corrected chi connectivity index (χ1v) is 10.2. The molecule has 0 aliphatic carbocycles. The summed E-state index contributed by atoms with van der Waals surface area (Å²) in [6, 6.07) is 23.4. The molecule has 1 N–H and O–H groups in total. The Hall–Kier alpha value is -3.40. The Kier molecular flexibility index (Phi) is 4.83. The Morgan fingerprint density at radius 3 is 2.66 bits per heavy atom. The fourth-order valence-electron chi connectivity index (χ4n) is 3.99. The number of pyridine rings is 2. The van der Waals surface area contributed by atoms with Crippen LogP contribution in [0.1, 0.15) is 18.4 Å². The first-order chi connectivity index (χ1) is 14.4. The van der Waals surface area contributed by atoms with E-state index in [0.29, 0.717) is 0 Å². The van der Waals surface area contributed by atoms with Crippen molar-refractivity contribution in [1.82, 2.24) is 9.97 Å². The van der Waals surface area contributed by atoms with Gasteiger partial charge in [0.1, 0.15) is 0 Å². The van der Waals surface area contributed by atoms with Crippen LogP contribution in [-0.2, 0) is 6.54 Å². The Bertz CT molecular complexity index is 1120. The van der Waals surface area contributed by atoms with Crippen molar-refractivity contribution in [2.45, 2.75) is 19.4 Å². The third-order valence-corrected chi connectivity index (χ3v) is 5.54. The number of aromatic nitrogens is 2. The lowest BCUT2D eigenvalue weighted by molar-refractivity contribution is 0.949. The summed E-state index contributed by atoms with van der Waals surface area (Å²) in [5, 5.41) is 4.67. The standard InChI is InChI=1S/C25H24N4/c1-2-15-29(14-1)22-9-3-8-21(16-22)23-12-11-20-7-4-10-24(25(20)28-23)27-18-19-6-5-13-26-17-19/h3-13,16-17,27H,1-2,14-15,18H2. The Morgan fingerprint density at radius 1 is 0.897 bits per heavy atom. The van der Waals surface area contributed by atoms with Gasteiger partial charge in [-0.25, -0.2) is 4.98 Å². The summed E-state index contributed by atoms with van der Waals surface area (Å²) < 4.78 is 0. The number of benzene rings is 2. The molecule has 144 valence electrons. The predicted molar refractivity (Wildman–Crippen MR) is 120 cm³/mol. The van der Waals surface area contributed by atoms with Crippen molar-refractivity contribution in [3.05, 3.63) is 84.7 Å². The molecule has 1 aliphatic heterocycles. The van der Waals surface area contributed by atoms with Crippen molar-refractivity contribution in [3.8, 4) is 11.3 Å². The van der Waals surface area contributed by atoms with E-state index in [-0.39, 0.29) is 0 Å². The van der Waals surface area contributed by atoms with Gasteiger partial charge in [-0.05, 0) is 48.7 Å². The highest BCUT2D eigenvalue weighted by Crippen LogP contribution is 2.29. The lowest BCUT2D eigenvalue weighted by atomic mass is 10.1. The van der Waals surface area contributed by atoms with Gasteiger partial charge in [-0.3, -0.25) is 4.98 Å². The van der Waals surface area contributed by atoms with Gasteiger partial charge in [0.25, 0.3) is 0 Å². The Labute approximate surface area is 171 Å². The number of hydrogen-bond acceptors (Lipinski definition) is 4. The molecule has 1 saturated heterocycles. The molecule has 4 heteroatoms. The molecule has 5 rings (SSSR count). The van der Waals surface area contributed by atoms with Gasteiger partial charge in [-0.2, -0.15) is 0 Å². The van der Waals surface area contributed by atoms with E-state index in [1.54, 1.807) is 6.20 Å². The summed E-state index contributed by atoms with van der Waals surface area (Å²) in [4.78, 5) is 11.7. The van der Waals surface area contributed by atoms with Crippen LogP contribution in [0.5, 0.6) is 0 Å². The van der Waals surface area contributed by atoms with Gasteiger partial charge in [-0.1, -0.05) is 36.4 Å². The van der Waals surface area contributed by atoms with E-state index in [4.69, 9.17) is 4.98 Å². The maximum Gasteiger partial charge on any atom is 0.0940 e. The second-order valence-electron chi connectivity index (χ2n) is 7.53. The van der Waals surface area contributed by atoms with Gasteiger partial charge in [0.05, 0.1) is 16.9 Å². The summed E-state index contributed by atoms with van der Waals surface area (Å²) in [5.74, 6) is 0. The molecule has 0 spiro atoms. The summed E-state index contributed by atoms with van der Waals surface area (Å²) >= 11 is 0. The Balaban J connectivity index is 1.47. The van der Waals surface area contributed by atoms with Crippen LogP contribution in [0.4, 0.5) is 11.4 Å². The average Bonchev–Trinajstić information content (AvgIpc) is 3.33. The minimum atomic E-state index is 0.726. The second kappa shape index (κ2) is 7.92. The molecular weight excluding hydrogens is 356 g/mol. The van der Waals surface area contributed by atoms with E-state index >= 15 is 0 Å². The first kappa shape index (κ1) is 17.7. The molecule has 0 amide bonds.